The fourth-order valence-corrected chi connectivity index (χ4v) is 3.75. The topological polar surface area (TPSA) is 54.0 Å². The average Bonchev–Trinajstić information content (AvgIpc) is 3.07. The standard InChI is InChI=1S/C27H28O5/c1-27(31-19-23-15-9-4-10-16-23)25(30-18-22-13-7-3-8-14-22)24(32-26(27)28)20-29-17-21-11-5-2-6-12-21/h2-16,24-25H,17-20H2,1H3/t24?,25-,27-/m1/s1. The number of rotatable bonds is 10. The van der Waals surface area contributed by atoms with E-state index >= 15 is 0 Å². The number of cyclic esters (lactones) is 1. The molecule has 1 unspecified atom stereocenters. The summed E-state index contributed by atoms with van der Waals surface area (Å²) in [5, 5.41) is 0. The Balaban J connectivity index is 1.45. The van der Waals surface area contributed by atoms with Gasteiger partial charge in [0.2, 0.25) is 0 Å². The second-order valence-electron chi connectivity index (χ2n) is 8.04. The first-order chi connectivity index (χ1) is 15.6. The van der Waals surface area contributed by atoms with E-state index in [4.69, 9.17) is 18.9 Å². The van der Waals surface area contributed by atoms with E-state index in [1.54, 1.807) is 6.92 Å². The largest absolute Gasteiger partial charge is 0.455 e. The van der Waals surface area contributed by atoms with Crippen molar-refractivity contribution in [3.05, 3.63) is 108 Å². The van der Waals surface area contributed by atoms with E-state index in [0.29, 0.717) is 13.2 Å². The van der Waals surface area contributed by atoms with Crippen LogP contribution in [0.1, 0.15) is 23.6 Å². The molecule has 3 atom stereocenters. The molecule has 166 valence electrons. The summed E-state index contributed by atoms with van der Waals surface area (Å²) in [7, 11) is 0. The minimum Gasteiger partial charge on any atom is -0.455 e. The zero-order valence-electron chi connectivity index (χ0n) is 18.2. The summed E-state index contributed by atoms with van der Waals surface area (Å²) >= 11 is 0. The lowest BCUT2D eigenvalue weighted by atomic mass is 9.97. The second kappa shape index (κ2) is 10.6. The predicted octanol–water partition coefficient (Wildman–Crippen LogP) is 4.69. The van der Waals surface area contributed by atoms with Crippen LogP contribution in [-0.2, 0) is 43.6 Å². The Kier molecular flexibility index (Phi) is 7.32. The molecule has 0 aliphatic carbocycles. The van der Waals surface area contributed by atoms with Gasteiger partial charge >= 0.3 is 5.97 Å². The van der Waals surface area contributed by atoms with E-state index in [9.17, 15) is 4.79 Å². The molecule has 5 heteroatoms. The SMILES string of the molecule is C[C@]1(OCc2ccccc2)C(=O)OC(COCc2ccccc2)[C@H]1OCc1ccccc1. The third-order valence-corrected chi connectivity index (χ3v) is 5.59. The van der Waals surface area contributed by atoms with Crippen molar-refractivity contribution in [3.63, 3.8) is 0 Å². The van der Waals surface area contributed by atoms with Gasteiger partial charge in [-0.15, -0.1) is 0 Å². The highest BCUT2D eigenvalue weighted by Crippen LogP contribution is 2.34. The van der Waals surface area contributed by atoms with Gasteiger partial charge in [-0.25, -0.2) is 4.79 Å². The van der Waals surface area contributed by atoms with E-state index in [0.717, 1.165) is 16.7 Å². The molecule has 1 aliphatic heterocycles. The van der Waals surface area contributed by atoms with Crippen LogP contribution >= 0.6 is 0 Å². The molecule has 1 saturated heterocycles. The van der Waals surface area contributed by atoms with E-state index in [-0.39, 0.29) is 13.2 Å². The summed E-state index contributed by atoms with van der Waals surface area (Å²) < 4.78 is 23.9. The quantitative estimate of drug-likeness (QED) is 0.435. The van der Waals surface area contributed by atoms with Crippen molar-refractivity contribution in [2.75, 3.05) is 6.61 Å². The zero-order chi connectivity index (χ0) is 22.2. The highest BCUT2D eigenvalue weighted by Gasteiger charge is 2.56. The highest BCUT2D eigenvalue weighted by molar-refractivity contribution is 5.82. The molecule has 0 aromatic heterocycles. The molecular formula is C27H28O5. The molecule has 5 nitrogen and oxygen atoms in total. The van der Waals surface area contributed by atoms with E-state index in [1.165, 1.54) is 0 Å². The van der Waals surface area contributed by atoms with Crippen molar-refractivity contribution < 1.29 is 23.7 Å². The smallest absolute Gasteiger partial charge is 0.341 e. The number of carbonyl (C=O) groups is 1. The van der Waals surface area contributed by atoms with Gasteiger partial charge in [0.05, 0.1) is 26.4 Å². The van der Waals surface area contributed by atoms with Crippen LogP contribution in [0.5, 0.6) is 0 Å². The number of carbonyl (C=O) groups excluding carboxylic acids is 1. The van der Waals surface area contributed by atoms with Crippen LogP contribution in [0.15, 0.2) is 91.0 Å². The number of benzene rings is 3. The van der Waals surface area contributed by atoms with Gasteiger partial charge < -0.3 is 18.9 Å². The Hall–Kier alpha value is -2.99. The fourth-order valence-electron chi connectivity index (χ4n) is 3.75. The molecule has 1 heterocycles. The molecule has 0 N–H and O–H groups in total. The van der Waals surface area contributed by atoms with Crippen molar-refractivity contribution in [3.8, 4) is 0 Å². The highest BCUT2D eigenvalue weighted by atomic mass is 16.6. The van der Waals surface area contributed by atoms with Crippen LogP contribution in [0.4, 0.5) is 0 Å². The van der Waals surface area contributed by atoms with Gasteiger partial charge in [0, 0.05) is 0 Å². The third-order valence-electron chi connectivity index (χ3n) is 5.59. The molecule has 0 bridgehead atoms. The van der Waals surface area contributed by atoms with E-state index in [1.807, 2.05) is 91.0 Å². The minimum atomic E-state index is -1.23. The number of hydrogen-bond acceptors (Lipinski definition) is 5. The van der Waals surface area contributed by atoms with Crippen LogP contribution in [0.25, 0.3) is 0 Å². The summed E-state index contributed by atoms with van der Waals surface area (Å²) in [5.41, 5.74) is 1.82. The molecule has 0 radical (unpaired) electrons. The molecule has 1 aliphatic rings. The maximum absolute atomic E-state index is 12.9. The van der Waals surface area contributed by atoms with Crippen molar-refractivity contribution in [2.24, 2.45) is 0 Å². The molecule has 3 aromatic rings. The first-order valence-corrected chi connectivity index (χ1v) is 10.8. The molecule has 4 rings (SSSR count). The molecular weight excluding hydrogens is 404 g/mol. The molecule has 32 heavy (non-hydrogen) atoms. The van der Waals surface area contributed by atoms with Gasteiger partial charge in [0.25, 0.3) is 0 Å². The van der Waals surface area contributed by atoms with Gasteiger partial charge in [0.15, 0.2) is 11.7 Å². The Labute approximate surface area is 188 Å². The zero-order valence-corrected chi connectivity index (χ0v) is 18.2. The van der Waals surface area contributed by atoms with Crippen molar-refractivity contribution in [1.29, 1.82) is 0 Å². The first-order valence-electron chi connectivity index (χ1n) is 10.8. The first kappa shape index (κ1) is 22.2. The number of ether oxygens (including phenoxy) is 4. The van der Waals surface area contributed by atoms with Gasteiger partial charge in [-0.3, -0.25) is 0 Å². The van der Waals surface area contributed by atoms with E-state index < -0.39 is 23.8 Å². The predicted molar refractivity (Wildman–Crippen MR) is 121 cm³/mol. The summed E-state index contributed by atoms with van der Waals surface area (Å²) in [5.74, 6) is -0.431. The normalized spacial score (nSPS) is 22.6. The van der Waals surface area contributed by atoms with Crippen LogP contribution in [-0.4, -0.2) is 30.4 Å². The van der Waals surface area contributed by atoms with Gasteiger partial charge in [0.1, 0.15) is 6.10 Å². The fraction of sp³-hybridized carbons (Fsp3) is 0.296. The van der Waals surface area contributed by atoms with Crippen molar-refractivity contribution in [1.82, 2.24) is 0 Å². The Bertz CT molecular complexity index is 977. The van der Waals surface area contributed by atoms with Gasteiger partial charge in [-0.2, -0.15) is 0 Å². The summed E-state index contributed by atoms with van der Waals surface area (Å²) in [6.07, 6.45) is -1.16. The summed E-state index contributed by atoms with van der Waals surface area (Å²) in [6, 6.07) is 29.5. The molecule has 0 spiro atoms. The molecule has 0 saturated carbocycles. The minimum absolute atomic E-state index is 0.227. The Morgan fingerprint density at radius 3 is 1.81 bits per heavy atom. The third kappa shape index (κ3) is 5.43. The maximum atomic E-state index is 12.9. The molecule has 1 fully saturated rings. The molecule has 0 amide bonds. The second-order valence-corrected chi connectivity index (χ2v) is 8.04. The summed E-state index contributed by atoms with van der Waals surface area (Å²) in [6.45, 7) is 3.04. The van der Waals surface area contributed by atoms with Crippen LogP contribution in [0.3, 0.4) is 0 Å². The maximum Gasteiger partial charge on any atom is 0.341 e. The van der Waals surface area contributed by atoms with Gasteiger partial charge in [-0.05, 0) is 23.6 Å². The lowest BCUT2D eigenvalue weighted by Crippen LogP contribution is -2.48. The number of esters is 1. The van der Waals surface area contributed by atoms with Crippen LogP contribution in [0.2, 0.25) is 0 Å². The lowest BCUT2D eigenvalue weighted by Gasteiger charge is -2.29. The van der Waals surface area contributed by atoms with Crippen molar-refractivity contribution in [2.45, 2.75) is 44.6 Å². The van der Waals surface area contributed by atoms with Crippen molar-refractivity contribution >= 4 is 5.97 Å². The Morgan fingerprint density at radius 1 is 0.750 bits per heavy atom. The van der Waals surface area contributed by atoms with E-state index in [2.05, 4.69) is 0 Å². The molecule has 3 aromatic carbocycles. The number of hydrogen-bond donors (Lipinski definition) is 0. The van der Waals surface area contributed by atoms with Crippen LogP contribution in [0, 0.1) is 0 Å². The lowest BCUT2D eigenvalue weighted by molar-refractivity contribution is -0.167. The summed E-state index contributed by atoms with van der Waals surface area (Å²) in [4.78, 5) is 12.9. The Morgan fingerprint density at radius 2 is 1.25 bits per heavy atom. The monoisotopic (exact) mass is 432 g/mol. The average molecular weight is 433 g/mol. The van der Waals surface area contributed by atoms with Crippen LogP contribution < -0.4 is 0 Å². The van der Waals surface area contributed by atoms with Gasteiger partial charge in [-0.1, -0.05) is 91.0 Å².